The second kappa shape index (κ2) is 5.74. The Bertz CT molecular complexity index is 877. The van der Waals surface area contributed by atoms with Gasteiger partial charge in [-0.2, -0.15) is 0 Å². The van der Waals surface area contributed by atoms with Gasteiger partial charge in [0.15, 0.2) is 0 Å². The molecule has 4 rings (SSSR count). The molecule has 0 unspecified atom stereocenters. The summed E-state index contributed by atoms with van der Waals surface area (Å²) in [4.78, 5) is 0. The number of hydrogen-bond acceptors (Lipinski definition) is 0. The normalized spacial score (nSPS) is 15.8. The third-order valence-electron chi connectivity index (χ3n) is 6.40. The first-order valence-electron chi connectivity index (χ1n) is 9.42. The first kappa shape index (κ1) is 16.9. The van der Waals surface area contributed by atoms with Crippen LogP contribution >= 0.6 is 0 Å². The van der Waals surface area contributed by atoms with Crippen LogP contribution in [0.15, 0.2) is 36.4 Å². The molecule has 2 aromatic carbocycles. The summed E-state index contributed by atoms with van der Waals surface area (Å²) in [5.74, 6) is 5.19. The number of allylic oxidation sites excluding steroid dienone is 4. The molecular formula is C24H28Ge. The van der Waals surface area contributed by atoms with Gasteiger partial charge in [0, 0.05) is 0 Å². The average molecular weight is 389 g/mol. The van der Waals surface area contributed by atoms with Crippen LogP contribution < -0.4 is 8.79 Å². The quantitative estimate of drug-likeness (QED) is 0.632. The van der Waals surface area contributed by atoms with Crippen LogP contribution in [0.25, 0.3) is 11.1 Å². The molecular weight excluding hydrogens is 361 g/mol. The van der Waals surface area contributed by atoms with Crippen molar-refractivity contribution in [2.45, 2.75) is 52.0 Å². The van der Waals surface area contributed by atoms with E-state index in [4.69, 9.17) is 0 Å². The van der Waals surface area contributed by atoms with Crippen molar-refractivity contribution < 1.29 is 0 Å². The van der Waals surface area contributed by atoms with E-state index in [1.54, 1.807) is 19.9 Å². The van der Waals surface area contributed by atoms with Gasteiger partial charge in [-0.15, -0.1) is 0 Å². The van der Waals surface area contributed by atoms with E-state index >= 15 is 0 Å². The Labute approximate surface area is 155 Å². The van der Waals surface area contributed by atoms with E-state index in [1.165, 1.54) is 33.4 Å². The van der Waals surface area contributed by atoms with E-state index in [-0.39, 0.29) is 0 Å². The van der Waals surface area contributed by atoms with Gasteiger partial charge in [-0.3, -0.25) is 0 Å². The van der Waals surface area contributed by atoms with Gasteiger partial charge in [0.2, 0.25) is 0 Å². The molecule has 128 valence electrons. The molecule has 0 bridgehead atoms. The third kappa shape index (κ3) is 2.41. The second-order valence-corrected chi connectivity index (χ2v) is 17.5. The van der Waals surface area contributed by atoms with Crippen molar-refractivity contribution in [2.75, 3.05) is 0 Å². The molecule has 2 aliphatic rings. The Morgan fingerprint density at radius 3 is 1.44 bits per heavy atom. The van der Waals surface area contributed by atoms with Gasteiger partial charge in [0.25, 0.3) is 0 Å². The van der Waals surface area contributed by atoms with E-state index < -0.39 is 13.3 Å². The molecule has 0 atom stereocenters. The van der Waals surface area contributed by atoms with Crippen molar-refractivity contribution in [3.8, 4) is 0 Å². The molecule has 0 saturated carbocycles. The van der Waals surface area contributed by atoms with Crippen molar-refractivity contribution in [3.63, 3.8) is 0 Å². The van der Waals surface area contributed by atoms with Crippen LogP contribution in [0.1, 0.15) is 47.2 Å². The average Bonchev–Trinajstić information content (AvgIpc) is 3.13. The Morgan fingerprint density at radius 1 is 0.640 bits per heavy atom. The minimum atomic E-state index is -2.36. The predicted molar refractivity (Wildman–Crippen MR) is 114 cm³/mol. The van der Waals surface area contributed by atoms with E-state index in [0.717, 1.165) is 12.8 Å². The summed E-state index contributed by atoms with van der Waals surface area (Å²) in [6.07, 6.45) is 7.09. The first-order valence-corrected chi connectivity index (χ1v) is 15.7. The SMILES string of the molecule is CC1=CCc2[c]([Ge]([CH3])([CH3])[c]3ccc(C)c4c3CC=C4C)ccc(C)c21. The maximum atomic E-state index is 2.59. The molecule has 0 N–H and O–H groups in total. The summed E-state index contributed by atoms with van der Waals surface area (Å²) >= 11 is -2.36. The second-order valence-electron chi connectivity index (χ2n) is 8.37. The van der Waals surface area contributed by atoms with Gasteiger partial charge in [0.1, 0.15) is 0 Å². The molecule has 2 aromatic rings. The van der Waals surface area contributed by atoms with Gasteiger partial charge in [-0.1, -0.05) is 0 Å². The Balaban J connectivity index is 1.92. The number of hydrogen-bond donors (Lipinski definition) is 0. The number of aryl methyl sites for hydroxylation is 2. The number of benzene rings is 2. The van der Waals surface area contributed by atoms with Crippen LogP contribution in [0.3, 0.4) is 0 Å². The molecule has 0 saturated heterocycles. The third-order valence-corrected chi connectivity index (χ3v) is 14.0. The van der Waals surface area contributed by atoms with Gasteiger partial charge in [-0.05, 0) is 0 Å². The van der Waals surface area contributed by atoms with Crippen molar-refractivity contribution >= 4 is 33.2 Å². The summed E-state index contributed by atoms with van der Waals surface area (Å²) < 4.78 is 3.37. The van der Waals surface area contributed by atoms with Gasteiger partial charge >= 0.3 is 155 Å². The zero-order valence-corrected chi connectivity index (χ0v) is 18.5. The Kier molecular flexibility index (Phi) is 3.88. The van der Waals surface area contributed by atoms with Crippen molar-refractivity contribution in [3.05, 3.63) is 69.8 Å². The zero-order valence-electron chi connectivity index (χ0n) is 16.4. The molecule has 25 heavy (non-hydrogen) atoms. The summed E-state index contributed by atoms with van der Waals surface area (Å²) in [7, 11) is 0. The standard InChI is InChI=1S/C24H28Ge/c1-15-7-11-19-21(13-9-17(3)23(15)19)25(5,6)22-14-10-18(4)24-16(2)8-12-20(22)24/h7-10,13-14H,11-12H2,1-6H3. The van der Waals surface area contributed by atoms with E-state index in [2.05, 4.69) is 75.6 Å². The van der Waals surface area contributed by atoms with E-state index in [0.29, 0.717) is 0 Å². The fraction of sp³-hybridized carbons (Fsp3) is 0.333. The first-order chi connectivity index (χ1) is 11.8. The van der Waals surface area contributed by atoms with E-state index in [1.807, 2.05) is 0 Å². The molecule has 0 heterocycles. The molecule has 0 aromatic heterocycles. The Hall–Kier alpha value is -1.54. The fourth-order valence-electron chi connectivity index (χ4n) is 5.08. The van der Waals surface area contributed by atoms with Crippen LogP contribution in [0.4, 0.5) is 0 Å². The van der Waals surface area contributed by atoms with E-state index in [9.17, 15) is 0 Å². The summed E-state index contributed by atoms with van der Waals surface area (Å²) in [5.41, 5.74) is 12.1. The summed E-state index contributed by atoms with van der Waals surface area (Å²) in [6, 6.07) is 9.65. The molecule has 0 aliphatic heterocycles. The zero-order chi connectivity index (χ0) is 17.9. The van der Waals surface area contributed by atoms with Crippen molar-refractivity contribution in [1.29, 1.82) is 0 Å². The topological polar surface area (TPSA) is 0 Å². The van der Waals surface area contributed by atoms with Crippen LogP contribution in [-0.4, -0.2) is 13.3 Å². The summed E-state index contributed by atoms with van der Waals surface area (Å²) in [5, 5.41) is 0. The number of fused-ring (bicyclic) bond motifs is 2. The summed E-state index contributed by atoms with van der Waals surface area (Å²) in [6.45, 7) is 9.09. The molecule has 2 aliphatic carbocycles. The fourth-order valence-corrected chi connectivity index (χ4v) is 11.9. The van der Waals surface area contributed by atoms with Gasteiger partial charge < -0.3 is 0 Å². The maximum absolute atomic E-state index is 2.59. The van der Waals surface area contributed by atoms with Gasteiger partial charge in [-0.25, -0.2) is 0 Å². The van der Waals surface area contributed by atoms with Crippen molar-refractivity contribution in [1.82, 2.24) is 0 Å². The molecule has 0 radical (unpaired) electrons. The molecule has 1 heteroatoms. The van der Waals surface area contributed by atoms with Gasteiger partial charge in [0.05, 0.1) is 0 Å². The van der Waals surface area contributed by atoms with Crippen LogP contribution in [0.2, 0.25) is 11.5 Å². The molecule has 0 fully saturated rings. The number of rotatable bonds is 2. The molecule has 0 amide bonds. The van der Waals surface area contributed by atoms with Crippen LogP contribution in [-0.2, 0) is 12.8 Å². The minimum absolute atomic E-state index is 1.12. The monoisotopic (exact) mass is 390 g/mol. The van der Waals surface area contributed by atoms with Crippen LogP contribution in [0, 0.1) is 13.8 Å². The predicted octanol–water partition coefficient (Wildman–Crippen LogP) is 5.04. The molecule has 0 spiro atoms. The Morgan fingerprint density at radius 2 is 1.04 bits per heavy atom. The van der Waals surface area contributed by atoms with Crippen LogP contribution in [0.5, 0.6) is 0 Å². The van der Waals surface area contributed by atoms with Crippen molar-refractivity contribution in [2.24, 2.45) is 0 Å². The molecule has 0 nitrogen and oxygen atoms in total.